The Hall–Kier alpha value is -3.42. The number of benzene rings is 3. The number of rotatable bonds is 2. The summed E-state index contributed by atoms with van der Waals surface area (Å²) >= 11 is 0. The first-order valence-electron chi connectivity index (χ1n) is 9.18. The Morgan fingerprint density at radius 1 is 0.900 bits per heavy atom. The van der Waals surface area contributed by atoms with E-state index in [-0.39, 0.29) is 12.4 Å². The van der Waals surface area contributed by atoms with Gasteiger partial charge in [0.2, 0.25) is 0 Å². The summed E-state index contributed by atoms with van der Waals surface area (Å²) in [6.07, 6.45) is 0. The van der Waals surface area contributed by atoms with E-state index in [2.05, 4.69) is 15.3 Å². The van der Waals surface area contributed by atoms with Gasteiger partial charge in [0.15, 0.2) is 0 Å². The minimum Gasteiger partial charge on any atom is -0.316 e. The van der Waals surface area contributed by atoms with E-state index in [1.54, 1.807) is 6.07 Å². The maximum atomic E-state index is 13.8. The zero-order valence-electron chi connectivity index (χ0n) is 15.7. The molecule has 3 aromatic carbocycles. The molecule has 0 aliphatic carbocycles. The molecule has 0 saturated heterocycles. The summed E-state index contributed by atoms with van der Waals surface area (Å²) in [5, 5.41) is 6.33. The van der Waals surface area contributed by atoms with Crippen molar-refractivity contribution in [2.45, 2.75) is 6.54 Å². The van der Waals surface area contributed by atoms with Gasteiger partial charge >= 0.3 is 0 Å². The highest BCUT2D eigenvalue weighted by Gasteiger charge is 2.24. The van der Waals surface area contributed by atoms with Gasteiger partial charge in [-0.25, -0.2) is 14.4 Å². The predicted molar refractivity (Wildman–Crippen MR) is 119 cm³/mol. The molecule has 6 nitrogen and oxygen atoms in total. The number of aromatic nitrogens is 3. The quantitative estimate of drug-likeness (QED) is 0.448. The molecule has 6 aromatic rings. The van der Waals surface area contributed by atoms with Gasteiger partial charge in [0.25, 0.3) is 11.1 Å². The van der Waals surface area contributed by atoms with E-state index in [0.717, 1.165) is 16.5 Å². The minimum atomic E-state index is -0.462. The van der Waals surface area contributed by atoms with Gasteiger partial charge in [-0.1, -0.05) is 18.2 Å². The predicted octanol–water partition coefficient (Wildman–Crippen LogP) is 3.45. The number of para-hydroxylation sites is 1. The van der Waals surface area contributed by atoms with Crippen LogP contribution < -0.4 is 16.4 Å². The number of aromatic amines is 1. The fourth-order valence-corrected chi connectivity index (χ4v) is 4.45. The zero-order chi connectivity index (χ0) is 19.9. The summed E-state index contributed by atoms with van der Waals surface area (Å²) in [5.41, 5.74) is 2.34. The topological polar surface area (TPSA) is 87.7 Å². The Balaban J connectivity index is 0.00000193. The van der Waals surface area contributed by atoms with Gasteiger partial charge < -0.3 is 5.32 Å². The molecule has 0 aliphatic heterocycles. The van der Waals surface area contributed by atoms with Gasteiger partial charge in [0.05, 0.1) is 32.8 Å². The average molecular weight is 421 g/mol. The summed E-state index contributed by atoms with van der Waals surface area (Å²) in [7, 11) is 1.85. The molecule has 0 radical (unpaired) electrons. The normalized spacial score (nSPS) is 11.9. The molecule has 6 rings (SSSR count). The number of hydrogen-bond acceptors (Lipinski definition) is 5. The number of nitrogens with zero attached hydrogens (tertiary/aromatic N) is 2. The average Bonchev–Trinajstić information content (AvgIpc) is 3.33. The van der Waals surface area contributed by atoms with E-state index in [0.29, 0.717) is 50.0 Å². The molecule has 8 heteroatoms. The summed E-state index contributed by atoms with van der Waals surface area (Å²) in [6.45, 7) is 0.610. The Labute approximate surface area is 173 Å². The number of hydrogen-bond donors (Lipinski definition) is 2. The molecule has 0 saturated carbocycles. The van der Waals surface area contributed by atoms with Gasteiger partial charge in [0, 0.05) is 34.2 Å². The molecule has 0 unspecified atom stereocenters. The van der Waals surface area contributed by atoms with Crippen LogP contribution in [0.5, 0.6) is 0 Å². The molecule has 3 heterocycles. The first-order valence-corrected chi connectivity index (χ1v) is 9.18. The van der Waals surface area contributed by atoms with Crippen molar-refractivity contribution in [1.29, 1.82) is 0 Å². The first-order chi connectivity index (χ1) is 14.1. The Bertz CT molecular complexity index is 1730. The van der Waals surface area contributed by atoms with Crippen molar-refractivity contribution in [1.82, 2.24) is 20.3 Å². The van der Waals surface area contributed by atoms with Gasteiger partial charge in [-0.3, -0.25) is 14.6 Å². The summed E-state index contributed by atoms with van der Waals surface area (Å²) < 4.78 is 13.8. The SMILES string of the molecule is CNCc1cccc2c1nc1c3nc4cc(F)ccc4c3c3c(=O)[nH]c(=O)c3c21.Cl. The van der Waals surface area contributed by atoms with Crippen LogP contribution in [0.1, 0.15) is 5.56 Å². The maximum absolute atomic E-state index is 13.8. The lowest BCUT2D eigenvalue weighted by molar-refractivity contribution is 0.629. The smallest absolute Gasteiger partial charge is 0.259 e. The zero-order valence-corrected chi connectivity index (χ0v) is 16.5. The van der Waals surface area contributed by atoms with Crippen molar-refractivity contribution in [2.75, 3.05) is 7.05 Å². The van der Waals surface area contributed by atoms with Gasteiger partial charge in [-0.05, 0) is 24.7 Å². The maximum Gasteiger partial charge on any atom is 0.259 e. The Morgan fingerprint density at radius 3 is 2.33 bits per heavy atom. The largest absolute Gasteiger partial charge is 0.316 e. The fraction of sp³-hybridized carbons (Fsp3) is 0.0909. The highest BCUT2D eigenvalue weighted by atomic mass is 35.5. The fourth-order valence-electron chi connectivity index (χ4n) is 4.45. The molecule has 0 amide bonds. The molecule has 0 atom stereocenters. The monoisotopic (exact) mass is 420 g/mol. The minimum absolute atomic E-state index is 0. The van der Waals surface area contributed by atoms with Crippen LogP contribution in [-0.2, 0) is 6.54 Å². The first kappa shape index (κ1) is 18.6. The number of fused-ring (bicyclic) bond motifs is 10. The lowest BCUT2D eigenvalue weighted by Gasteiger charge is -2.00. The molecule has 30 heavy (non-hydrogen) atoms. The van der Waals surface area contributed by atoms with Crippen LogP contribution in [0.15, 0.2) is 46.0 Å². The Kier molecular flexibility index (Phi) is 3.90. The van der Waals surface area contributed by atoms with Crippen LogP contribution in [0.25, 0.3) is 54.4 Å². The second kappa shape index (κ2) is 6.29. The molecular weight excluding hydrogens is 407 g/mol. The highest BCUT2D eigenvalue weighted by Crippen LogP contribution is 2.40. The van der Waals surface area contributed by atoms with Crippen molar-refractivity contribution in [3.8, 4) is 0 Å². The van der Waals surface area contributed by atoms with Gasteiger partial charge in [0.1, 0.15) is 5.82 Å². The molecule has 0 bridgehead atoms. The second-order valence-corrected chi connectivity index (χ2v) is 7.21. The third kappa shape index (κ3) is 2.21. The van der Waals surface area contributed by atoms with Crippen molar-refractivity contribution in [3.05, 3.63) is 68.5 Å². The summed E-state index contributed by atoms with van der Waals surface area (Å²) in [4.78, 5) is 37.3. The van der Waals surface area contributed by atoms with Gasteiger partial charge in [-0.15, -0.1) is 12.4 Å². The van der Waals surface area contributed by atoms with Crippen LogP contribution in [0.4, 0.5) is 4.39 Å². The molecule has 148 valence electrons. The number of H-pyrrole nitrogens is 1. The van der Waals surface area contributed by atoms with Crippen LogP contribution in [0.3, 0.4) is 0 Å². The van der Waals surface area contributed by atoms with E-state index in [1.807, 2.05) is 25.2 Å². The van der Waals surface area contributed by atoms with Crippen molar-refractivity contribution in [3.63, 3.8) is 0 Å². The highest BCUT2D eigenvalue weighted by molar-refractivity contribution is 6.35. The van der Waals surface area contributed by atoms with Crippen LogP contribution in [-0.4, -0.2) is 22.0 Å². The lowest BCUT2D eigenvalue weighted by atomic mass is 10.0. The molecule has 0 aliphatic rings. The molecule has 3 aromatic heterocycles. The van der Waals surface area contributed by atoms with Crippen LogP contribution in [0.2, 0.25) is 0 Å². The second-order valence-electron chi connectivity index (χ2n) is 7.21. The Morgan fingerprint density at radius 2 is 1.60 bits per heavy atom. The van der Waals surface area contributed by atoms with E-state index in [1.165, 1.54) is 12.1 Å². The van der Waals surface area contributed by atoms with E-state index >= 15 is 0 Å². The van der Waals surface area contributed by atoms with E-state index < -0.39 is 16.9 Å². The van der Waals surface area contributed by atoms with Crippen LogP contribution in [0, 0.1) is 5.82 Å². The summed E-state index contributed by atoms with van der Waals surface area (Å²) in [6, 6.07) is 10.0. The number of nitrogens with one attached hydrogen (secondary N) is 2. The van der Waals surface area contributed by atoms with Crippen molar-refractivity contribution in [2.24, 2.45) is 0 Å². The third-order valence-corrected chi connectivity index (χ3v) is 5.57. The molecule has 2 N–H and O–H groups in total. The van der Waals surface area contributed by atoms with E-state index in [9.17, 15) is 14.0 Å². The van der Waals surface area contributed by atoms with E-state index in [4.69, 9.17) is 4.98 Å². The third-order valence-electron chi connectivity index (χ3n) is 5.57. The molecule has 0 fully saturated rings. The summed E-state index contributed by atoms with van der Waals surface area (Å²) in [5.74, 6) is -0.411. The number of halogens is 2. The lowest BCUT2D eigenvalue weighted by Crippen LogP contribution is -2.05. The standard InChI is InChI=1S/C22H13FN4O2.ClH/c1-24-8-9-3-2-4-12-15-17-16(21(28)27-22(17)29)14-11-6-5-10(23)7-13(11)25-19(14)20(15)26-18(9)12;/h2-7,24H,8H2,1H3,(H,27,28,29);1H. The van der Waals surface area contributed by atoms with Crippen molar-refractivity contribution >= 4 is 66.8 Å². The molecule has 0 spiro atoms. The van der Waals surface area contributed by atoms with Crippen LogP contribution >= 0.6 is 12.4 Å². The van der Waals surface area contributed by atoms with Crippen molar-refractivity contribution < 1.29 is 4.39 Å². The van der Waals surface area contributed by atoms with Gasteiger partial charge in [-0.2, -0.15) is 0 Å². The molecular formula is C22H14ClFN4O2.